The Hall–Kier alpha value is -3.36. The molecule has 0 aliphatic heterocycles. The van der Waals surface area contributed by atoms with Crippen LogP contribution in [0.5, 0.6) is 5.75 Å². The maximum atomic E-state index is 12.6. The standard InChI is InChI=1S/C26H31ClN6O2/c1-17-21(25(29-32(17)6)26(34)31(4)5)10-12-35-24-14-20(27)7-8-22(24)18-9-11-33-23(13-18)19(15-28-33)16-30(2)3/h7-9,11,13-15H,10,12,16H2,1-6H3. The van der Waals surface area contributed by atoms with Gasteiger partial charge in [-0.2, -0.15) is 10.2 Å². The molecule has 1 aromatic carbocycles. The lowest BCUT2D eigenvalue weighted by molar-refractivity contribution is 0.0820. The monoisotopic (exact) mass is 494 g/mol. The molecule has 0 aliphatic carbocycles. The summed E-state index contributed by atoms with van der Waals surface area (Å²) < 4.78 is 9.87. The van der Waals surface area contributed by atoms with Gasteiger partial charge in [0.1, 0.15) is 5.75 Å². The van der Waals surface area contributed by atoms with Crippen LogP contribution in [0.3, 0.4) is 0 Å². The number of carbonyl (C=O) groups is 1. The van der Waals surface area contributed by atoms with Gasteiger partial charge < -0.3 is 14.5 Å². The molecule has 8 nitrogen and oxygen atoms in total. The van der Waals surface area contributed by atoms with Crippen LogP contribution in [0.2, 0.25) is 5.02 Å². The summed E-state index contributed by atoms with van der Waals surface area (Å²) in [5, 5.41) is 9.50. The normalized spacial score (nSPS) is 11.4. The molecule has 0 bridgehead atoms. The maximum Gasteiger partial charge on any atom is 0.274 e. The van der Waals surface area contributed by atoms with Crippen molar-refractivity contribution < 1.29 is 9.53 Å². The van der Waals surface area contributed by atoms with E-state index < -0.39 is 0 Å². The van der Waals surface area contributed by atoms with Crippen LogP contribution in [0, 0.1) is 6.92 Å². The number of benzene rings is 1. The van der Waals surface area contributed by atoms with Crippen LogP contribution in [-0.4, -0.2) is 69.9 Å². The average molecular weight is 495 g/mol. The quantitative estimate of drug-likeness (QED) is 0.369. The smallest absolute Gasteiger partial charge is 0.274 e. The summed E-state index contributed by atoms with van der Waals surface area (Å²) in [4.78, 5) is 16.3. The van der Waals surface area contributed by atoms with Crippen molar-refractivity contribution in [2.75, 3.05) is 34.8 Å². The van der Waals surface area contributed by atoms with E-state index >= 15 is 0 Å². The number of ether oxygens (including phenoxy) is 1. The van der Waals surface area contributed by atoms with E-state index in [1.807, 2.05) is 69.2 Å². The molecule has 0 saturated heterocycles. The van der Waals surface area contributed by atoms with Gasteiger partial charge in [0.05, 0.1) is 18.3 Å². The zero-order valence-corrected chi connectivity index (χ0v) is 21.8. The highest BCUT2D eigenvalue weighted by atomic mass is 35.5. The van der Waals surface area contributed by atoms with Gasteiger partial charge in [-0.3, -0.25) is 9.48 Å². The Morgan fingerprint density at radius 1 is 1.14 bits per heavy atom. The highest BCUT2D eigenvalue weighted by Crippen LogP contribution is 2.34. The largest absolute Gasteiger partial charge is 0.493 e. The lowest BCUT2D eigenvalue weighted by Crippen LogP contribution is -2.23. The van der Waals surface area contributed by atoms with Gasteiger partial charge in [-0.1, -0.05) is 11.6 Å². The van der Waals surface area contributed by atoms with Crippen molar-refractivity contribution >= 4 is 23.0 Å². The molecule has 0 atom stereocenters. The summed E-state index contributed by atoms with van der Waals surface area (Å²) in [5.41, 5.74) is 6.47. The first-order chi connectivity index (χ1) is 16.7. The van der Waals surface area contributed by atoms with Crippen LogP contribution in [0.15, 0.2) is 42.7 Å². The Bertz CT molecular complexity index is 1370. The van der Waals surface area contributed by atoms with Gasteiger partial charge in [0.15, 0.2) is 5.69 Å². The van der Waals surface area contributed by atoms with Gasteiger partial charge in [-0.25, -0.2) is 4.52 Å². The molecular weight excluding hydrogens is 464 g/mol. The number of pyridine rings is 1. The number of halogens is 1. The number of amides is 1. The molecule has 0 radical (unpaired) electrons. The first-order valence-electron chi connectivity index (χ1n) is 11.4. The third-order valence-corrected chi connectivity index (χ3v) is 6.25. The molecule has 0 unspecified atom stereocenters. The predicted molar refractivity (Wildman–Crippen MR) is 138 cm³/mol. The third-order valence-electron chi connectivity index (χ3n) is 6.02. The zero-order valence-electron chi connectivity index (χ0n) is 21.0. The van der Waals surface area contributed by atoms with Gasteiger partial charge >= 0.3 is 0 Å². The Morgan fingerprint density at radius 3 is 2.63 bits per heavy atom. The minimum Gasteiger partial charge on any atom is -0.493 e. The fourth-order valence-electron chi connectivity index (χ4n) is 4.11. The van der Waals surface area contributed by atoms with Gasteiger partial charge in [0.2, 0.25) is 0 Å². The van der Waals surface area contributed by atoms with Crippen molar-refractivity contribution in [2.45, 2.75) is 19.9 Å². The number of rotatable bonds is 8. The second-order valence-corrected chi connectivity index (χ2v) is 9.56. The lowest BCUT2D eigenvalue weighted by Gasteiger charge is -2.14. The summed E-state index contributed by atoms with van der Waals surface area (Å²) in [5.74, 6) is 0.576. The Morgan fingerprint density at radius 2 is 1.91 bits per heavy atom. The fraction of sp³-hybridized carbons (Fsp3) is 0.346. The lowest BCUT2D eigenvalue weighted by atomic mass is 10.0. The van der Waals surface area contributed by atoms with Crippen molar-refractivity contribution in [3.63, 3.8) is 0 Å². The molecule has 35 heavy (non-hydrogen) atoms. The molecule has 0 aliphatic rings. The van der Waals surface area contributed by atoms with Crippen molar-refractivity contribution in [1.29, 1.82) is 0 Å². The van der Waals surface area contributed by atoms with Crippen LogP contribution in [0.25, 0.3) is 16.6 Å². The summed E-state index contributed by atoms with van der Waals surface area (Å²) in [6.45, 7) is 3.15. The van der Waals surface area contributed by atoms with E-state index in [9.17, 15) is 4.79 Å². The van der Waals surface area contributed by atoms with Crippen LogP contribution >= 0.6 is 11.6 Å². The SMILES string of the molecule is Cc1c(CCOc2cc(Cl)ccc2-c2ccn3ncc(CN(C)C)c3c2)c(C(=O)N(C)C)nn1C. The molecule has 184 valence electrons. The molecular formula is C26H31ClN6O2. The number of fused-ring (bicyclic) bond motifs is 1. The minimum atomic E-state index is -0.116. The molecule has 0 N–H and O–H groups in total. The van der Waals surface area contributed by atoms with Gasteiger partial charge in [0.25, 0.3) is 5.91 Å². The van der Waals surface area contributed by atoms with Crippen molar-refractivity contribution in [1.82, 2.24) is 29.2 Å². The van der Waals surface area contributed by atoms with Crippen molar-refractivity contribution in [3.8, 4) is 16.9 Å². The van der Waals surface area contributed by atoms with Gasteiger partial charge in [0, 0.05) is 67.7 Å². The molecule has 1 amide bonds. The molecule has 0 fully saturated rings. The van der Waals surface area contributed by atoms with E-state index in [0.29, 0.717) is 29.5 Å². The molecule has 0 spiro atoms. The summed E-state index contributed by atoms with van der Waals surface area (Å²) in [6.07, 6.45) is 4.41. The Balaban J connectivity index is 1.61. The van der Waals surface area contributed by atoms with Gasteiger partial charge in [-0.05, 0) is 56.9 Å². The molecule has 3 heterocycles. The summed E-state index contributed by atoms with van der Waals surface area (Å²) in [6, 6.07) is 9.82. The number of carbonyl (C=O) groups excluding carboxylic acids is 1. The zero-order chi connectivity index (χ0) is 25.3. The van der Waals surface area contributed by atoms with E-state index in [-0.39, 0.29) is 5.91 Å². The molecule has 4 aromatic rings. The number of hydrogen-bond donors (Lipinski definition) is 0. The topological polar surface area (TPSA) is 67.9 Å². The van der Waals surface area contributed by atoms with E-state index in [4.69, 9.17) is 16.3 Å². The average Bonchev–Trinajstić information content (AvgIpc) is 3.33. The van der Waals surface area contributed by atoms with E-state index in [2.05, 4.69) is 21.2 Å². The van der Waals surface area contributed by atoms with Crippen LogP contribution < -0.4 is 4.74 Å². The Kier molecular flexibility index (Phi) is 7.14. The van der Waals surface area contributed by atoms with Crippen molar-refractivity contribution in [3.05, 3.63) is 70.3 Å². The highest BCUT2D eigenvalue weighted by molar-refractivity contribution is 6.30. The molecule has 9 heteroatoms. The van der Waals surface area contributed by atoms with Crippen LogP contribution in [0.1, 0.15) is 27.3 Å². The minimum absolute atomic E-state index is 0.116. The summed E-state index contributed by atoms with van der Waals surface area (Å²) >= 11 is 6.33. The van der Waals surface area contributed by atoms with E-state index in [1.54, 1.807) is 23.7 Å². The van der Waals surface area contributed by atoms with Crippen molar-refractivity contribution in [2.24, 2.45) is 7.05 Å². The number of hydrogen-bond acceptors (Lipinski definition) is 5. The van der Waals surface area contributed by atoms with E-state index in [0.717, 1.165) is 40.0 Å². The molecule has 0 saturated carbocycles. The number of nitrogens with zero attached hydrogens (tertiary/aromatic N) is 6. The molecule has 4 rings (SSSR count). The van der Waals surface area contributed by atoms with Crippen LogP contribution in [-0.2, 0) is 20.0 Å². The predicted octanol–water partition coefficient (Wildman–Crippen LogP) is 4.08. The second-order valence-electron chi connectivity index (χ2n) is 9.13. The Labute approximate surface area is 210 Å². The maximum absolute atomic E-state index is 12.6. The van der Waals surface area contributed by atoms with Crippen LogP contribution in [0.4, 0.5) is 0 Å². The highest BCUT2D eigenvalue weighted by Gasteiger charge is 2.21. The van der Waals surface area contributed by atoms with E-state index in [1.165, 1.54) is 0 Å². The first-order valence-corrected chi connectivity index (χ1v) is 11.8. The number of aromatic nitrogens is 4. The van der Waals surface area contributed by atoms with Gasteiger partial charge in [-0.15, -0.1) is 0 Å². The summed E-state index contributed by atoms with van der Waals surface area (Å²) in [7, 11) is 9.39. The first kappa shape index (κ1) is 24.8. The fourth-order valence-corrected chi connectivity index (χ4v) is 4.28. The molecule has 3 aromatic heterocycles. The second kappa shape index (κ2) is 10.1. The number of aryl methyl sites for hydroxylation is 1. The third kappa shape index (κ3) is 5.18.